The van der Waals surface area contributed by atoms with Gasteiger partial charge in [-0.25, -0.2) is 0 Å². The van der Waals surface area contributed by atoms with Crippen LogP contribution in [0.15, 0.2) is 0 Å². The van der Waals surface area contributed by atoms with E-state index in [0.29, 0.717) is 18.8 Å². The van der Waals surface area contributed by atoms with Crippen molar-refractivity contribution in [2.45, 2.75) is 98.7 Å². The molecule has 172 valence electrons. The zero-order valence-corrected chi connectivity index (χ0v) is 19.5. The molecule has 6 heteroatoms. The molecule has 0 unspecified atom stereocenters. The first-order chi connectivity index (χ1) is 13.7. The van der Waals surface area contributed by atoms with Crippen LogP contribution in [0.1, 0.15) is 86.5 Å². The maximum Gasteiger partial charge on any atom is 0.223 e. The van der Waals surface area contributed by atoms with E-state index in [1.165, 1.54) is 0 Å². The van der Waals surface area contributed by atoms with Gasteiger partial charge in [0.15, 0.2) is 0 Å². The topological polar surface area (TPSA) is 98.7 Å². The van der Waals surface area contributed by atoms with Crippen LogP contribution in [-0.2, 0) is 9.59 Å². The molecule has 0 rings (SSSR count). The fourth-order valence-electron chi connectivity index (χ4n) is 3.89. The van der Waals surface area contributed by atoms with Crippen LogP contribution >= 0.6 is 0 Å². The number of amides is 2. The molecule has 0 heterocycles. The van der Waals surface area contributed by atoms with Gasteiger partial charge in [-0.1, -0.05) is 67.2 Å². The Balaban J connectivity index is 4.56. The molecule has 0 aromatic carbocycles. The first-order valence-corrected chi connectivity index (χ1v) is 11.6. The Labute approximate surface area is 178 Å². The zero-order chi connectivity index (χ0) is 22.4. The molecular formula is C23H46N2O4. The highest BCUT2D eigenvalue weighted by Gasteiger charge is 2.23. The maximum atomic E-state index is 12.6. The highest BCUT2D eigenvalue weighted by molar-refractivity contribution is 5.80. The Hall–Kier alpha value is -1.14. The molecule has 6 nitrogen and oxygen atoms in total. The Kier molecular flexibility index (Phi) is 15.1. The van der Waals surface area contributed by atoms with Crippen LogP contribution < -0.4 is 10.6 Å². The Morgan fingerprint density at radius 3 is 1.66 bits per heavy atom. The van der Waals surface area contributed by atoms with Crippen molar-refractivity contribution in [3.8, 4) is 0 Å². The summed E-state index contributed by atoms with van der Waals surface area (Å²) in [6.45, 7) is 12.8. The number of nitrogens with one attached hydrogen (secondary N) is 2. The number of aliphatic hydroxyl groups is 2. The van der Waals surface area contributed by atoms with Gasteiger partial charge in [-0.3, -0.25) is 9.59 Å². The SMILES string of the molecule is CCC(CC)[C@H](O)CNC(=O)CC[C@@H](CC(C)C)C(=O)NC[C@H](O)C(CC)CC. The third-order valence-corrected chi connectivity index (χ3v) is 6.03. The molecule has 29 heavy (non-hydrogen) atoms. The zero-order valence-electron chi connectivity index (χ0n) is 19.5. The van der Waals surface area contributed by atoms with Gasteiger partial charge in [-0.2, -0.15) is 0 Å². The number of hydrogen-bond acceptors (Lipinski definition) is 4. The van der Waals surface area contributed by atoms with Gasteiger partial charge in [-0.05, 0) is 30.6 Å². The summed E-state index contributed by atoms with van der Waals surface area (Å²) in [6.07, 6.45) is 3.89. The monoisotopic (exact) mass is 414 g/mol. The first-order valence-electron chi connectivity index (χ1n) is 11.6. The van der Waals surface area contributed by atoms with Gasteiger partial charge in [0.1, 0.15) is 0 Å². The van der Waals surface area contributed by atoms with Gasteiger partial charge in [0.05, 0.1) is 12.2 Å². The molecular weight excluding hydrogens is 368 g/mol. The molecule has 0 aliphatic heterocycles. The first kappa shape index (κ1) is 27.9. The van der Waals surface area contributed by atoms with Gasteiger partial charge in [0, 0.05) is 25.4 Å². The molecule has 0 aromatic rings. The predicted octanol–water partition coefficient (Wildman–Crippen LogP) is 3.26. The molecule has 0 aromatic heterocycles. The van der Waals surface area contributed by atoms with Crippen LogP contribution in [0.5, 0.6) is 0 Å². The summed E-state index contributed by atoms with van der Waals surface area (Å²) >= 11 is 0. The second-order valence-corrected chi connectivity index (χ2v) is 8.70. The van der Waals surface area contributed by atoms with Crippen LogP contribution in [0, 0.1) is 23.7 Å². The summed E-state index contributed by atoms with van der Waals surface area (Å²) in [6, 6.07) is 0. The fraction of sp³-hybridized carbons (Fsp3) is 0.913. The minimum Gasteiger partial charge on any atom is -0.391 e. The largest absolute Gasteiger partial charge is 0.391 e. The van der Waals surface area contributed by atoms with E-state index in [-0.39, 0.29) is 49.1 Å². The molecule has 0 saturated carbocycles. The minimum atomic E-state index is -0.538. The summed E-state index contributed by atoms with van der Waals surface area (Å²) in [5.74, 6) is 0.248. The second kappa shape index (κ2) is 15.7. The lowest BCUT2D eigenvalue weighted by Gasteiger charge is -2.23. The van der Waals surface area contributed by atoms with Crippen molar-refractivity contribution in [2.24, 2.45) is 23.7 Å². The van der Waals surface area contributed by atoms with Crippen molar-refractivity contribution >= 4 is 11.8 Å². The van der Waals surface area contributed by atoms with E-state index in [1.807, 2.05) is 27.7 Å². The van der Waals surface area contributed by atoms with Crippen LogP contribution in [-0.4, -0.2) is 47.3 Å². The third-order valence-electron chi connectivity index (χ3n) is 6.03. The highest BCUT2D eigenvalue weighted by Crippen LogP contribution is 2.19. The Morgan fingerprint density at radius 2 is 1.24 bits per heavy atom. The Morgan fingerprint density at radius 1 is 0.793 bits per heavy atom. The number of aliphatic hydroxyl groups excluding tert-OH is 2. The lowest BCUT2D eigenvalue weighted by atomic mass is 9.91. The Bertz CT molecular complexity index is 448. The van der Waals surface area contributed by atoms with Crippen LogP contribution in [0.4, 0.5) is 0 Å². The van der Waals surface area contributed by atoms with Gasteiger partial charge >= 0.3 is 0 Å². The quantitative estimate of drug-likeness (QED) is 0.311. The molecule has 0 bridgehead atoms. The molecule has 3 atom stereocenters. The normalized spacial score (nSPS) is 14.9. The lowest BCUT2D eigenvalue weighted by molar-refractivity contribution is -0.127. The molecule has 4 N–H and O–H groups in total. The average molecular weight is 415 g/mol. The summed E-state index contributed by atoms with van der Waals surface area (Å²) < 4.78 is 0. The molecule has 0 aliphatic rings. The lowest BCUT2D eigenvalue weighted by Crippen LogP contribution is -2.40. The molecule has 0 fully saturated rings. The number of carbonyl (C=O) groups excluding carboxylic acids is 2. The second-order valence-electron chi connectivity index (χ2n) is 8.70. The summed E-state index contributed by atoms with van der Waals surface area (Å²) in [7, 11) is 0. The van der Waals surface area contributed by atoms with E-state index in [2.05, 4.69) is 24.5 Å². The maximum absolute atomic E-state index is 12.6. The van der Waals surface area contributed by atoms with E-state index in [1.54, 1.807) is 0 Å². The smallest absolute Gasteiger partial charge is 0.223 e. The van der Waals surface area contributed by atoms with Crippen molar-refractivity contribution in [1.29, 1.82) is 0 Å². The number of hydrogen-bond donors (Lipinski definition) is 4. The van der Waals surface area contributed by atoms with E-state index >= 15 is 0 Å². The highest BCUT2D eigenvalue weighted by atomic mass is 16.3. The van der Waals surface area contributed by atoms with E-state index in [9.17, 15) is 19.8 Å². The molecule has 0 spiro atoms. The van der Waals surface area contributed by atoms with Gasteiger partial charge in [0.25, 0.3) is 0 Å². The van der Waals surface area contributed by atoms with Crippen LogP contribution in [0.2, 0.25) is 0 Å². The van der Waals surface area contributed by atoms with Crippen molar-refractivity contribution < 1.29 is 19.8 Å². The van der Waals surface area contributed by atoms with Crippen LogP contribution in [0.25, 0.3) is 0 Å². The van der Waals surface area contributed by atoms with Crippen molar-refractivity contribution in [1.82, 2.24) is 10.6 Å². The minimum absolute atomic E-state index is 0.0893. The summed E-state index contributed by atoms with van der Waals surface area (Å²) in [5.41, 5.74) is 0. The third kappa shape index (κ3) is 11.6. The van der Waals surface area contributed by atoms with Crippen molar-refractivity contribution in [3.63, 3.8) is 0 Å². The molecule has 0 aliphatic carbocycles. The molecule has 0 radical (unpaired) electrons. The predicted molar refractivity (Wildman–Crippen MR) is 118 cm³/mol. The van der Waals surface area contributed by atoms with Gasteiger partial charge < -0.3 is 20.8 Å². The van der Waals surface area contributed by atoms with Crippen molar-refractivity contribution in [2.75, 3.05) is 13.1 Å². The standard InChI is InChI=1S/C23H46N2O4/c1-7-17(8-2)20(26)14-24-22(28)12-11-19(13-16(5)6)23(29)25-15-21(27)18(9-3)10-4/h16-21,26-27H,7-15H2,1-6H3,(H,24,28)(H,25,29)/t19-,20+,21-/m0/s1. The average Bonchev–Trinajstić information content (AvgIpc) is 2.69. The molecule has 2 amide bonds. The van der Waals surface area contributed by atoms with E-state index in [4.69, 9.17) is 0 Å². The molecule has 0 saturated heterocycles. The summed E-state index contributed by atoms with van der Waals surface area (Å²) in [5, 5.41) is 26.1. The van der Waals surface area contributed by atoms with Crippen LogP contribution in [0.3, 0.4) is 0 Å². The summed E-state index contributed by atoms with van der Waals surface area (Å²) in [4.78, 5) is 24.8. The number of carbonyl (C=O) groups is 2. The van der Waals surface area contributed by atoms with E-state index in [0.717, 1.165) is 25.7 Å². The number of rotatable bonds is 16. The fourth-order valence-corrected chi connectivity index (χ4v) is 3.89. The van der Waals surface area contributed by atoms with Gasteiger partial charge in [0.2, 0.25) is 11.8 Å². The van der Waals surface area contributed by atoms with E-state index < -0.39 is 12.2 Å². The van der Waals surface area contributed by atoms with Crippen molar-refractivity contribution in [3.05, 3.63) is 0 Å². The van der Waals surface area contributed by atoms with Gasteiger partial charge in [-0.15, -0.1) is 0 Å².